The van der Waals surface area contributed by atoms with Crippen LogP contribution < -0.4 is 0 Å². The first kappa shape index (κ1) is 18.0. The van der Waals surface area contributed by atoms with Crippen LogP contribution in [0.1, 0.15) is 38.8 Å². The number of rotatable bonds is 4. The quantitative estimate of drug-likeness (QED) is 0.602. The van der Waals surface area contributed by atoms with Gasteiger partial charge in [-0.1, -0.05) is 67.6 Å². The van der Waals surface area contributed by atoms with Gasteiger partial charge in [0.15, 0.2) is 0 Å². The number of ether oxygens (including phenoxy) is 2. The summed E-state index contributed by atoms with van der Waals surface area (Å²) in [4.78, 5) is 25.6. The molecular weight excluding hydrogens is 352 g/mol. The van der Waals surface area contributed by atoms with Crippen LogP contribution in [0.3, 0.4) is 0 Å². The maximum absolute atomic E-state index is 12.9. The summed E-state index contributed by atoms with van der Waals surface area (Å²) in [5.41, 5.74) is 5.82. The number of fused-ring (bicyclic) bond motifs is 1. The Morgan fingerprint density at radius 3 is 2.04 bits per heavy atom. The fraction of sp³-hybridized carbons (Fsp3) is 0.167. The Hall–Kier alpha value is -3.40. The van der Waals surface area contributed by atoms with Gasteiger partial charge >= 0.3 is 11.9 Å². The Balaban J connectivity index is 2.22. The Labute approximate surface area is 163 Å². The maximum Gasteiger partial charge on any atom is 0.339 e. The van der Waals surface area contributed by atoms with E-state index in [1.807, 2.05) is 67.6 Å². The number of hydrogen-bond donors (Lipinski definition) is 0. The van der Waals surface area contributed by atoms with Crippen LogP contribution in [0.15, 0.2) is 60.7 Å². The molecule has 0 radical (unpaired) electrons. The van der Waals surface area contributed by atoms with E-state index in [0.717, 1.165) is 27.8 Å². The van der Waals surface area contributed by atoms with Gasteiger partial charge in [-0.25, -0.2) is 9.59 Å². The molecule has 0 atom stereocenters. The van der Waals surface area contributed by atoms with Crippen molar-refractivity contribution in [1.29, 1.82) is 0 Å². The predicted octanol–water partition coefficient (Wildman–Crippen LogP) is 5.04. The summed E-state index contributed by atoms with van der Waals surface area (Å²) in [6.45, 7) is 2.15. The van der Waals surface area contributed by atoms with Gasteiger partial charge in [0.1, 0.15) is 6.61 Å². The minimum atomic E-state index is -0.407. The van der Waals surface area contributed by atoms with Gasteiger partial charge in [-0.15, -0.1) is 0 Å². The topological polar surface area (TPSA) is 52.6 Å². The van der Waals surface area contributed by atoms with Gasteiger partial charge in [0.05, 0.1) is 18.2 Å². The van der Waals surface area contributed by atoms with E-state index in [1.165, 1.54) is 7.11 Å². The number of esters is 2. The molecule has 4 nitrogen and oxygen atoms in total. The number of cyclic esters (lactones) is 1. The smallest absolute Gasteiger partial charge is 0.339 e. The summed E-state index contributed by atoms with van der Waals surface area (Å²) in [5, 5.41) is 0. The Morgan fingerprint density at radius 2 is 1.50 bits per heavy atom. The van der Waals surface area contributed by atoms with Crippen LogP contribution in [0.4, 0.5) is 0 Å². The molecule has 0 fully saturated rings. The standard InChI is InChI=1S/C24H20O4/c1-3-17-18-14-28-24(26)22(18)20(16-12-8-5-9-13-16)19(21(17)23(25)27-2)15-10-6-4-7-11-15/h4-13H,3,14H2,1-2H3. The van der Waals surface area contributed by atoms with E-state index in [1.54, 1.807) is 0 Å². The first-order valence-corrected chi connectivity index (χ1v) is 9.25. The molecule has 0 amide bonds. The van der Waals surface area contributed by atoms with Crippen molar-refractivity contribution in [2.75, 3.05) is 7.11 Å². The molecule has 1 aliphatic rings. The van der Waals surface area contributed by atoms with Gasteiger partial charge in [-0.2, -0.15) is 0 Å². The molecule has 0 bridgehead atoms. The number of methoxy groups -OCH3 is 1. The molecule has 0 saturated heterocycles. The lowest BCUT2D eigenvalue weighted by Gasteiger charge is -2.21. The molecule has 1 heterocycles. The molecule has 0 saturated carbocycles. The maximum atomic E-state index is 12.9. The van der Waals surface area contributed by atoms with Crippen LogP contribution in [0.2, 0.25) is 0 Å². The number of carbonyl (C=O) groups excluding carboxylic acids is 2. The van der Waals surface area contributed by atoms with Crippen molar-refractivity contribution in [3.63, 3.8) is 0 Å². The first-order valence-electron chi connectivity index (χ1n) is 9.25. The summed E-state index contributed by atoms with van der Waals surface area (Å²) in [7, 11) is 1.38. The zero-order valence-electron chi connectivity index (χ0n) is 15.8. The molecule has 0 N–H and O–H groups in total. The molecule has 0 spiro atoms. The second-order valence-corrected chi connectivity index (χ2v) is 6.61. The van der Waals surface area contributed by atoms with Crippen LogP contribution in [0, 0.1) is 0 Å². The van der Waals surface area contributed by atoms with Crippen molar-refractivity contribution in [1.82, 2.24) is 0 Å². The second kappa shape index (κ2) is 7.31. The van der Waals surface area contributed by atoms with E-state index in [-0.39, 0.29) is 12.6 Å². The van der Waals surface area contributed by atoms with Crippen LogP contribution in [-0.4, -0.2) is 19.0 Å². The summed E-state index contributed by atoms with van der Waals surface area (Å²) in [6, 6.07) is 19.3. The zero-order chi connectivity index (χ0) is 19.7. The van der Waals surface area contributed by atoms with Crippen LogP contribution in [0.25, 0.3) is 22.3 Å². The van der Waals surface area contributed by atoms with E-state index in [4.69, 9.17) is 9.47 Å². The fourth-order valence-electron chi connectivity index (χ4n) is 3.95. The highest BCUT2D eigenvalue weighted by molar-refractivity contribution is 6.12. The van der Waals surface area contributed by atoms with Gasteiger partial charge in [-0.3, -0.25) is 0 Å². The SMILES string of the molecule is CCc1c2c(c(-c3ccccc3)c(-c3ccccc3)c1C(=O)OC)C(=O)OC2. The molecule has 4 heteroatoms. The molecule has 140 valence electrons. The van der Waals surface area contributed by atoms with Crippen LogP contribution in [-0.2, 0) is 22.5 Å². The molecule has 0 aliphatic carbocycles. The highest BCUT2D eigenvalue weighted by Gasteiger charge is 2.35. The highest BCUT2D eigenvalue weighted by Crippen LogP contribution is 2.44. The minimum absolute atomic E-state index is 0.177. The molecular formula is C24H20O4. The first-order chi connectivity index (χ1) is 13.7. The molecule has 3 aromatic carbocycles. The minimum Gasteiger partial charge on any atom is -0.465 e. The van der Waals surface area contributed by atoms with Gasteiger partial charge in [0.25, 0.3) is 0 Å². The van der Waals surface area contributed by atoms with Crippen molar-refractivity contribution in [3.05, 3.63) is 82.9 Å². The average Bonchev–Trinajstić information content (AvgIpc) is 3.14. The summed E-state index contributed by atoms with van der Waals surface area (Å²) in [6.07, 6.45) is 0.596. The molecule has 4 rings (SSSR count). The van der Waals surface area contributed by atoms with Gasteiger partial charge in [-0.05, 0) is 23.1 Å². The zero-order valence-corrected chi connectivity index (χ0v) is 15.8. The average molecular weight is 372 g/mol. The Kier molecular flexibility index (Phi) is 4.70. The molecule has 0 aromatic heterocycles. The van der Waals surface area contributed by atoms with Crippen LogP contribution >= 0.6 is 0 Å². The number of hydrogen-bond acceptors (Lipinski definition) is 4. The third-order valence-corrected chi connectivity index (χ3v) is 5.14. The summed E-state index contributed by atoms with van der Waals surface area (Å²) >= 11 is 0. The molecule has 28 heavy (non-hydrogen) atoms. The third-order valence-electron chi connectivity index (χ3n) is 5.14. The lowest BCUT2D eigenvalue weighted by Crippen LogP contribution is -2.13. The van der Waals surface area contributed by atoms with Crippen molar-refractivity contribution in [3.8, 4) is 22.3 Å². The van der Waals surface area contributed by atoms with Crippen LogP contribution in [0.5, 0.6) is 0 Å². The largest absolute Gasteiger partial charge is 0.465 e. The normalized spacial score (nSPS) is 12.4. The van der Waals surface area contributed by atoms with Gasteiger partial charge in [0, 0.05) is 16.7 Å². The summed E-state index contributed by atoms with van der Waals surface area (Å²) in [5.74, 6) is -0.757. The highest BCUT2D eigenvalue weighted by atomic mass is 16.5. The number of carbonyl (C=O) groups is 2. The molecule has 1 aliphatic heterocycles. The monoisotopic (exact) mass is 372 g/mol. The van der Waals surface area contributed by atoms with E-state index in [2.05, 4.69) is 0 Å². The van der Waals surface area contributed by atoms with Crippen molar-refractivity contribution < 1.29 is 19.1 Å². The second-order valence-electron chi connectivity index (χ2n) is 6.61. The van der Waals surface area contributed by atoms with Crippen molar-refractivity contribution in [2.45, 2.75) is 20.0 Å². The lowest BCUT2D eigenvalue weighted by molar-refractivity contribution is 0.0535. The van der Waals surface area contributed by atoms with Gasteiger partial charge in [0.2, 0.25) is 0 Å². The van der Waals surface area contributed by atoms with Crippen molar-refractivity contribution >= 4 is 11.9 Å². The molecule has 3 aromatic rings. The van der Waals surface area contributed by atoms with Crippen molar-refractivity contribution in [2.24, 2.45) is 0 Å². The third kappa shape index (κ3) is 2.78. The Bertz CT molecular complexity index is 1050. The fourth-order valence-corrected chi connectivity index (χ4v) is 3.95. The molecule has 0 unspecified atom stereocenters. The van der Waals surface area contributed by atoms with E-state index < -0.39 is 5.97 Å². The lowest BCUT2D eigenvalue weighted by atomic mass is 9.81. The Morgan fingerprint density at radius 1 is 0.929 bits per heavy atom. The van der Waals surface area contributed by atoms with E-state index >= 15 is 0 Å². The summed E-state index contributed by atoms with van der Waals surface area (Å²) < 4.78 is 10.5. The van der Waals surface area contributed by atoms with E-state index in [9.17, 15) is 9.59 Å². The predicted molar refractivity (Wildman–Crippen MR) is 107 cm³/mol. The number of benzene rings is 3. The van der Waals surface area contributed by atoms with E-state index in [0.29, 0.717) is 23.1 Å². The van der Waals surface area contributed by atoms with Gasteiger partial charge < -0.3 is 9.47 Å².